The maximum atomic E-state index is 11.7. The predicted octanol–water partition coefficient (Wildman–Crippen LogP) is 1.54. The molecule has 0 aromatic heterocycles. The molecule has 1 aliphatic rings. The molecule has 86 valence electrons. The summed E-state index contributed by atoms with van der Waals surface area (Å²) in [5.41, 5.74) is -0.488. The van der Waals surface area contributed by atoms with Crippen molar-refractivity contribution in [3.05, 3.63) is 12.2 Å². The fourth-order valence-electron chi connectivity index (χ4n) is 1.44. The lowest BCUT2D eigenvalue weighted by Crippen LogP contribution is -2.46. The number of nitrogens with zero attached hydrogens (tertiary/aromatic N) is 1. The minimum atomic E-state index is -0.488. The van der Waals surface area contributed by atoms with Crippen molar-refractivity contribution in [3.8, 4) is 0 Å². The summed E-state index contributed by atoms with van der Waals surface area (Å²) in [6.07, 6.45) is 4.27. The Bertz CT molecular complexity index is 255. The van der Waals surface area contributed by atoms with E-state index >= 15 is 0 Å². The summed E-state index contributed by atoms with van der Waals surface area (Å²) < 4.78 is 5.25. The SMILES string of the molecule is CC(C)(C)OC(=O)N1CCC=CC1CO. The largest absolute Gasteiger partial charge is 0.444 e. The van der Waals surface area contributed by atoms with E-state index in [1.54, 1.807) is 4.90 Å². The predicted molar refractivity (Wildman–Crippen MR) is 57.6 cm³/mol. The van der Waals surface area contributed by atoms with Crippen molar-refractivity contribution in [2.24, 2.45) is 0 Å². The van der Waals surface area contributed by atoms with Gasteiger partial charge in [-0.05, 0) is 27.2 Å². The van der Waals surface area contributed by atoms with Gasteiger partial charge >= 0.3 is 6.09 Å². The lowest BCUT2D eigenvalue weighted by Gasteiger charge is -2.33. The Labute approximate surface area is 90.5 Å². The van der Waals surface area contributed by atoms with E-state index in [2.05, 4.69) is 0 Å². The zero-order valence-electron chi connectivity index (χ0n) is 9.56. The summed E-state index contributed by atoms with van der Waals surface area (Å²) in [5.74, 6) is 0. The van der Waals surface area contributed by atoms with E-state index in [-0.39, 0.29) is 18.7 Å². The Morgan fingerprint density at radius 2 is 2.27 bits per heavy atom. The average Bonchev–Trinajstić information content (AvgIpc) is 2.15. The fourth-order valence-corrected chi connectivity index (χ4v) is 1.44. The van der Waals surface area contributed by atoms with Crippen LogP contribution in [0, 0.1) is 0 Å². The zero-order chi connectivity index (χ0) is 11.5. The molecule has 0 aromatic carbocycles. The van der Waals surface area contributed by atoms with Gasteiger partial charge in [0.2, 0.25) is 0 Å². The summed E-state index contributed by atoms with van der Waals surface area (Å²) >= 11 is 0. The molecule has 1 heterocycles. The first-order chi connectivity index (χ1) is 6.94. The average molecular weight is 213 g/mol. The normalized spacial score (nSPS) is 21.6. The van der Waals surface area contributed by atoms with Crippen LogP contribution in [0.3, 0.4) is 0 Å². The molecule has 0 radical (unpaired) electrons. The molecule has 1 unspecified atom stereocenters. The number of ether oxygens (including phenoxy) is 1. The highest BCUT2D eigenvalue weighted by atomic mass is 16.6. The quantitative estimate of drug-likeness (QED) is 0.672. The fraction of sp³-hybridized carbons (Fsp3) is 0.727. The highest BCUT2D eigenvalue weighted by molar-refractivity contribution is 5.69. The number of rotatable bonds is 1. The first-order valence-electron chi connectivity index (χ1n) is 5.21. The lowest BCUT2D eigenvalue weighted by atomic mass is 10.1. The van der Waals surface area contributed by atoms with Crippen LogP contribution in [-0.2, 0) is 4.74 Å². The van der Waals surface area contributed by atoms with E-state index in [0.717, 1.165) is 6.42 Å². The van der Waals surface area contributed by atoms with Gasteiger partial charge in [-0.25, -0.2) is 4.79 Å². The van der Waals surface area contributed by atoms with E-state index < -0.39 is 5.60 Å². The number of aliphatic hydroxyl groups is 1. The van der Waals surface area contributed by atoms with Crippen molar-refractivity contribution < 1.29 is 14.6 Å². The van der Waals surface area contributed by atoms with E-state index in [9.17, 15) is 4.79 Å². The number of aliphatic hydroxyl groups excluding tert-OH is 1. The Morgan fingerprint density at radius 3 is 2.80 bits per heavy atom. The van der Waals surface area contributed by atoms with Crippen molar-refractivity contribution >= 4 is 6.09 Å². The van der Waals surface area contributed by atoms with Crippen LogP contribution in [0.2, 0.25) is 0 Å². The van der Waals surface area contributed by atoms with Gasteiger partial charge in [0, 0.05) is 6.54 Å². The molecule has 4 nitrogen and oxygen atoms in total. The van der Waals surface area contributed by atoms with E-state index in [4.69, 9.17) is 9.84 Å². The van der Waals surface area contributed by atoms with Crippen molar-refractivity contribution in [1.29, 1.82) is 0 Å². The van der Waals surface area contributed by atoms with Crippen LogP contribution in [0.1, 0.15) is 27.2 Å². The molecule has 0 saturated carbocycles. The van der Waals surface area contributed by atoms with Gasteiger partial charge in [0.25, 0.3) is 0 Å². The first-order valence-corrected chi connectivity index (χ1v) is 5.21. The van der Waals surface area contributed by atoms with E-state index in [1.165, 1.54) is 0 Å². The van der Waals surface area contributed by atoms with Crippen LogP contribution < -0.4 is 0 Å². The van der Waals surface area contributed by atoms with Crippen molar-refractivity contribution in [2.45, 2.75) is 38.8 Å². The van der Waals surface area contributed by atoms with Gasteiger partial charge in [0.05, 0.1) is 12.6 Å². The zero-order valence-corrected chi connectivity index (χ0v) is 9.56. The smallest absolute Gasteiger partial charge is 0.410 e. The molecule has 0 fully saturated rings. The van der Waals surface area contributed by atoms with Gasteiger partial charge in [-0.3, -0.25) is 4.90 Å². The second-order valence-electron chi connectivity index (χ2n) is 4.64. The topological polar surface area (TPSA) is 49.8 Å². The maximum Gasteiger partial charge on any atom is 0.410 e. The van der Waals surface area contributed by atoms with Gasteiger partial charge in [-0.2, -0.15) is 0 Å². The molecule has 0 saturated heterocycles. The second-order valence-corrected chi connectivity index (χ2v) is 4.64. The summed E-state index contributed by atoms with van der Waals surface area (Å²) in [6.45, 7) is 6.04. The van der Waals surface area contributed by atoms with Gasteiger partial charge in [0.15, 0.2) is 0 Å². The Morgan fingerprint density at radius 1 is 1.60 bits per heavy atom. The molecule has 4 heteroatoms. The highest BCUT2D eigenvalue weighted by Gasteiger charge is 2.27. The first kappa shape index (κ1) is 12.0. The third kappa shape index (κ3) is 3.55. The number of carbonyl (C=O) groups is 1. The minimum absolute atomic E-state index is 0.0598. The lowest BCUT2D eigenvalue weighted by molar-refractivity contribution is 0.0140. The summed E-state index contributed by atoms with van der Waals surface area (Å²) in [5, 5.41) is 9.11. The Balaban J connectivity index is 2.62. The Kier molecular flexibility index (Phi) is 3.74. The summed E-state index contributed by atoms with van der Waals surface area (Å²) in [7, 11) is 0. The van der Waals surface area contributed by atoms with Crippen LogP contribution in [0.5, 0.6) is 0 Å². The van der Waals surface area contributed by atoms with Gasteiger partial charge in [-0.15, -0.1) is 0 Å². The van der Waals surface area contributed by atoms with E-state index in [0.29, 0.717) is 6.54 Å². The van der Waals surface area contributed by atoms with Crippen molar-refractivity contribution in [2.75, 3.05) is 13.2 Å². The van der Waals surface area contributed by atoms with Crippen LogP contribution in [-0.4, -0.2) is 40.9 Å². The molecule has 1 N–H and O–H groups in total. The van der Waals surface area contributed by atoms with Crippen molar-refractivity contribution in [1.82, 2.24) is 4.90 Å². The van der Waals surface area contributed by atoms with Gasteiger partial charge in [0.1, 0.15) is 5.60 Å². The third-order valence-electron chi connectivity index (χ3n) is 2.11. The van der Waals surface area contributed by atoms with Crippen LogP contribution in [0.25, 0.3) is 0 Å². The number of hydrogen-bond donors (Lipinski definition) is 1. The molecule has 1 aliphatic heterocycles. The molecular formula is C11H19NO3. The molecule has 0 spiro atoms. The molecule has 0 aliphatic carbocycles. The van der Waals surface area contributed by atoms with Crippen molar-refractivity contribution in [3.63, 3.8) is 0 Å². The Hall–Kier alpha value is -1.03. The maximum absolute atomic E-state index is 11.7. The van der Waals surface area contributed by atoms with E-state index in [1.807, 2.05) is 32.9 Å². The molecule has 0 bridgehead atoms. The highest BCUT2D eigenvalue weighted by Crippen LogP contribution is 2.15. The standard InChI is InChI=1S/C11H19NO3/c1-11(2,3)15-10(14)12-7-5-4-6-9(12)8-13/h4,6,9,13H,5,7-8H2,1-3H3. The van der Waals surface area contributed by atoms with Crippen LogP contribution in [0.15, 0.2) is 12.2 Å². The van der Waals surface area contributed by atoms with Crippen LogP contribution >= 0.6 is 0 Å². The second kappa shape index (κ2) is 4.66. The molecule has 15 heavy (non-hydrogen) atoms. The number of carbonyl (C=O) groups excluding carboxylic acids is 1. The number of amides is 1. The molecular weight excluding hydrogens is 194 g/mol. The van der Waals surface area contributed by atoms with Gasteiger partial charge < -0.3 is 9.84 Å². The molecule has 1 rings (SSSR count). The van der Waals surface area contributed by atoms with Gasteiger partial charge in [-0.1, -0.05) is 12.2 Å². The minimum Gasteiger partial charge on any atom is -0.444 e. The number of hydrogen-bond acceptors (Lipinski definition) is 3. The molecule has 0 aromatic rings. The van der Waals surface area contributed by atoms with Crippen LogP contribution in [0.4, 0.5) is 4.79 Å². The molecule has 1 atom stereocenters. The summed E-state index contributed by atoms with van der Waals surface area (Å²) in [4.78, 5) is 13.3. The molecule has 1 amide bonds. The summed E-state index contributed by atoms with van der Waals surface area (Å²) in [6, 6.07) is -0.242. The monoisotopic (exact) mass is 213 g/mol. The third-order valence-corrected chi connectivity index (χ3v) is 2.11.